The molecule has 6 heteroatoms. The van der Waals surface area contributed by atoms with Crippen molar-refractivity contribution in [2.45, 2.75) is 144 Å². The number of ketones is 1. The molecule has 1 aliphatic carbocycles. The second-order valence-corrected chi connectivity index (χ2v) is 22.0. The number of rotatable bonds is 12. The summed E-state index contributed by atoms with van der Waals surface area (Å²) < 4.78 is 2.42. The highest BCUT2D eigenvalue weighted by atomic mass is 32.2. The third kappa shape index (κ3) is 7.47. The Hall–Kier alpha value is -4.91. The minimum atomic E-state index is -0.183. The smallest absolute Gasteiger partial charge is 0.251 e. The first kappa shape index (κ1) is 44.3. The normalized spacial score (nSPS) is 18.2. The Morgan fingerprint density at radius 2 is 1.11 bits per heavy atom. The van der Waals surface area contributed by atoms with Gasteiger partial charge in [0.05, 0.1) is 22.5 Å². The van der Waals surface area contributed by atoms with Crippen molar-refractivity contribution >= 4 is 67.2 Å². The van der Waals surface area contributed by atoms with Gasteiger partial charge in [0, 0.05) is 49.9 Å². The molecule has 1 N–H and O–H groups in total. The highest BCUT2D eigenvalue weighted by molar-refractivity contribution is 8.18. The number of nitrogens with zero attached hydrogens (tertiary/aromatic N) is 2. The molecule has 0 bridgehead atoms. The number of aliphatic hydroxyl groups is 1. The lowest BCUT2D eigenvalue weighted by Gasteiger charge is -2.41. The maximum absolute atomic E-state index is 15.0. The fourth-order valence-corrected chi connectivity index (χ4v) is 13.1. The Bertz CT molecular complexity index is 2750. The lowest BCUT2D eigenvalue weighted by Crippen LogP contribution is -2.30. The van der Waals surface area contributed by atoms with Crippen molar-refractivity contribution in [2.75, 3.05) is 4.90 Å². The van der Waals surface area contributed by atoms with Crippen LogP contribution in [0.5, 0.6) is 0 Å². The minimum absolute atomic E-state index is 0.0393. The van der Waals surface area contributed by atoms with E-state index in [1.165, 1.54) is 80.1 Å². The average molecular weight is 886 g/mol. The van der Waals surface area contributed by atoms with Crippen LogP contribution in [0, 0.1) is 27.7 Å². The van der Waals surface area contributed by atoms with E-state index in [-0.39, 0.29) is 22.4 Å². The third-order valence-electron chi connectivity index (χ3n) is 14.3. The average Bonchev–Trinajstić information content (AvgIpc) is 3.85. The van der Waals surface area contributed by atoms with Crippen molar-refractivity contribution in [1.82, 2.24) is 4.58 Å². The second-order valence-electron chi connectivity index (χ2n) is 19.9. The van der Waals surface area contributed by atoms with Crippen molar-refractivity contribution in [3.8, 4) is 0 Å². The van der Waals surface area contributed by atoms with Crippen LogP contribution >= 0.6 is 23.1 Å². The number of carbonyl (C=O) groups is 1. The summed E-state index contributed by atoms with van der Waals surface area (Å²) in [5, 5.41) is 14.6. The van der Waals surface area contributed by atoms with Gasteiger partial charge >= 0.3 is 0 Å². The van der Waals surface area contributed by atoms with E-state index in [0.29, 0.717) is 11.1 Å². The summed E-state index contributed by atoms with van der Waals surface area (Å²) in [6, 6.07) is 29.6. The van der Waals surface area contributed by atoms with E-state index >= 15 is 4.79 Å². The summed E-state index contributed by atoms with van der Waals surface area (Å²) in [4.78, 5) is 19.3. The number of benzene rings is 4. The minimum Gasteiger partial charge on any atom is -0.506 e. The van der Waals surface area contributed by atoms with Crippen LogP contribution in [0.3, 0.4) is 0 Å². The number of aryl methyl sites for hydroxylation is 5. The summed E-state index contributed by atoms with van der Waals surface area (Å²) in [5.74, 6) is 0.109. The molecule has 0 amide bonds. The number of aliphatic hydroxyl groups excluding tert-OH is 1. The number of anilines is 3. The Morgan fingerprint density at radius 1 is 0.609 bits per heavy atom. The number of hydrogen-bond donors (Lipinski definition) is 1. The Labute approximate surface area is 390 Å². The zero-order valence-corrected chi connectivity index (χ0v) is 41.4. The summed E-state index contributed by atoms with van der Waals surface area (Å²) >= 11 is 3.32. The maximum atomic E-state index is 15.0. The molecule has 0 fully saturated rings. The van der Waals surface area contributed by atoms with Gasteiger partial charge in [-0.1, -0.05) is 139 Å². The van der Waals surface area contributed by atoms with Gasteiger partial charge in [0.15, 0.2) is 0 Å². The molecular weight excluding hydrogens is 821 g/mol. The summed E-state index contributed by atoms with van der Waals surface area (Å²) in [7, 11) is 0. The summed E-state index contributed by atoms with van der Waals surface area (Å²) in [6.07, 6.45) is 13.1. The first-order valence-electron chi connectivity index (χ1n) is 23.8. The number of thiophene rings is 1. The highest BCUT2D eigenvalue weighted by Gasteiger charge is 2.46. The van der Waals surface area contributed by atoms with Crippen LogP contribution in [-0.2, 0) is 22.0 Å². The molecule has 3 aliphatic heterocycles. The van der Waals surface area contributed by atoms with Crippen molar-refractivity contribution in [2.24, 2.45) is 0 Å². The number of hydrogen-bond acceptors (Lipinski definition) is 5. The van der Waals surface area contributed by atoms with Crippen LogP contribution in [0.4, 0.5) is 27.8 Å². The SMILES string of the molecule is CCCCCCC1=CC(=[N+]2c3ccc(C)cc3C(C)(C)c3cc(C)ccc32)S/C1=C1\C(=O)C(c2sc(N3c4ccc(C)cc4C(C)(C)c4cc(C)ccc43)cc2CCCCCC)=C1O. The standard InChI is InChI=1S/C58H64N2O2S2/c1-11-13-15-17-19-39-33-49(59-45-25-21-35(3)29-41(45)57(7,8)42-30-36(4)22-26-46(42)59)63-55(39)51-53(61)52(54(51)62)56-40(20-18-16-14-12-2)34-50(64-56)60-47-27-23-37(5)31-43(47)58(9,10)44-32-38(6)24-28-48(44)60/h21-34H,11-20H2,1-10H3/p+1. The highest BCUT2D eigenvalue weighted by Crippen LogP contribution is 2.57. The van der Waals surface area contributed by atoms with E-state index in [0.717, 1.165) is 82.3 Å². The molecule has 0 saturated carbocycles. The fraction of sp³-hybridized carbons (Fsp3) is 0.379. The van der Waals surface area contributed by atoms with Crippen molar-refractivity contribution in [1.29, 1.82) is 0 Å². The van der Waals surface area contributed by atoms with Gasteiger partial charge in [-0.25, -0.2) is 0 Å². The Morgan fingerprint density at radius 3 is 1.64 bits per heavy atom. The largest absolute Gasteiger partial charge is 0.506 e. The van der Waals surface area contributed by atoms with Gasteiger partial charge in [0.2, 0.25) is 17.2 Å². The molecule has 0 radical (unpaired) electrons. The first-order chi connectivity index (χ1) is 30.6. The molecule has 5 aromatic rings. The van der Waals surface area contributed by atoms with E-state index < -0.39 is 0 Å². The zero-order chi connectivity index (χ0) is 45.2. The number of Topliss-reactive ketones (excluding diaryl/α,β-unsaturated/α-hetero) is 1. The molecule has 0 saturated heterocycles. The van der Waals surface area contributed by atoms with Crippen molar-refractivity contribution < 1.29 is 9.90 Å². The van der Waals surface area contributed by atoms with Gasteiger partial charge in [-0.2, -0.15) is 0 Å². The van der Waals surface area contributed by atoms with Crippen LogP contribution in [0.2, 0.25) is 0 Å². The molecule has 0 spiro atoms. The lowest BCUT2D eigenvalue weighted by atomic mass is 9.73. The first-order valence-corrected chi connectivity index (χ1v) is 25.4. The quantitative estimate of drug-likeness (QED) is 0.0770. The van der Waals surface area contributed by atoms with Gasteiger partial charge in [-0.3, -0.25) is 4.79 Å². The summed E-state index contributed by atoms with van der Waals surface area (Å²) in [6.45, 7) is 22.6. The van der Waals surface area contributed by atoms with Crippen molar-refractivity contribution in [3.63, 3.8) is 0 Å². The predicted octanol–water partition coefficient (Wildman–Crippen LogP) is 16.5. The van der Waals surface area contributed by atoms with Crippen LogP contribution < -0.4 is 9.48 Å². The molecule has 4 aliphatic rings. The van der Waals surface area contributed by atoms with E-state index in [2.05, 4.69) is 164 Å². The van der Waals surface area contributed by atoms with Gasteiger partial charge < -0.3 is 10.0 Å². The van der Waals surface area contributed by atoms with Crippen molar-refractivity contribution in [3.05, 3.63) is 162 Å². The maximum Gasteiger partial charge on any atom is 0.251 e. The van der Waals surface area contributed by atoms with E-state index in [4.69, 9.17) is 0 Å². The topological polar surface area (TPSA) is 43.5 Å². The predicted molar refractivity (Wildman–Crippen MR) is 275 cm³/mol. The van der Waals surface area contributed by atoms with E-state index in [1.54, 1.807) is 23.1 Å². The van der Waals surface area contributed by atoms with Crippen LogP contribution in [0.15, 0.2) is 107 Å². The van der Waals surface area contributed by atoms with E-state index in [9.17, 15) is 5.11 Å². The fourth-order valence-electron chi connectivity index (χ4n) is 10.6. The van der Waals surface area contributed by atoms with Gasteiger partial charge in [0.25, 0.3) is 5.04 Å². The number of carbonyl (C=O) groups excluding carboxylic acids is 1. The van der Waals surface area contributed by atoms with Gasteiger partial charge in [-0.15, -0.1) is 15.9 Å². The zero-order valence-electron chi connectivity index (χ0n) is 39.7. The van der Waals surface area contributed by atoms with Crippen LogP contribution in [0.25, 0.3) is 5.57 Å². The number of thioether (sulfide) groups is 1. The molecule has 64 heavy (non-hydrogen) atoms. The monoisotopic (exact) mass is 885 g/mol. The number of allylic oxidation sites excluding steroid dienone is 3. The molecule has 1 aromatic heterocycles. The molecule has 330 valence electrons. The molecular formula is C58H65N2O2S2+. The van der Waals surface area contributed by atoms with Crippen LogP contribution in [0.1, 0.15) is 154 Å². The van der Waals surface area contributed by atoms with E-state index in [1.807, 2.05) is 0 Å². The molecule has 0 unspecified atom stereocenters. The molecule has 4 heterocycles. The molecule has 9 rings (SSSR count). The Balaban J connectivity index is 1.19. The van der Waals surface area contributed by atoms with Gasteiger partial charge in [0.1, 0.15) is 10.8 Å². The molecule has 4 aromatic carbocycles. The lowest BCUT2D eigenvalue weighted by molar-refractivity contribution is -0.111. The summed E-state index contributed by atoms with van der Waals surface area (Å²) in [5.41, 5.74) is 17.8. The van der Waals surface area contributed by atoms with Gasteiger partial charge in [-0.05, 0) is 118 Å². The number of fused-ring (bicyclic) bond motifs is 4. The third-order valence-corrected chi connectivity index (χ3v) is 16.6. The molecule has 0 atom stereocenters. The number of unbranched alkanes of at least 4 members (excludes halogenated alkanes) is 6. The van der Waals surface area contributed by atoms with Crippen LogP contribution in [-0.4, -0.2) is 15.9 Å². The second kappa shape index (κ2) is 17.1. The molecule has 4 nitrogen and oxygen atoms in total. The Kier molecular flexibility index (Phi) is 11.9.